The zero-order chi connectivity index (χ0) is 9.84. The van der Waals surface area contributed by atoms with Gasteiger partial charge in [0.25, 0.3) is 0 Å². The molecule has 0 amide bonds. The van der Waals surface area contributed by atoms with Crippen molar-refractivity contribution in [2.24, 2.45) is 4.99 Å². The van der Waals surface area contributed by atoms with E-state index in [4.69, 9.17) is 5.26 Å². The molecule has 1 rings (SSSR count). The highest BCUT2D eigenvalue weighted by Gasteiger charge is 1.99. The average Bonchev–Trinajstić information content (AvgIpc) is 2.15. The summed E-state index contributed by atoms with van der Waals surface area (Å²) in [6, 6.07) is 7.89. The van der Waals surface area contributed by atoms with Crippen molar-refractivity contribution >= 4 is 5.71 Å². The van der Waals surface area contributed by atoms with Crippen molar-refractivity contribution in [1.82, 2.24) is 0 Å². The van der Waals surface area contributed by atoms with Gasteiger partial charge >= 0.3 is 0 Å². The highest BCUT2D eigenvalue weighted by Crippen LogP contribution is 2.09. The van der Waals surface area contributed by atoms with E-state index in [1.54, 1.807) is 7.05 Å². The van der Waals surface area contributed by atoms with E-state index in [0.29, 0.717) is 5.56 Å². The molecule has 0 aliphatic carbocycles. The SMILES string of the molecule is CN=C(C)c1cc(C)cc(C#N)c1. The Morgan fingerprint density at radius 2 is 2.08 bits per heavy atom. The summed E-state index contributed by atoms with van der Waals surface area (Å²) in [5.74, 6) is 0. The van der Waals surface area contributed by atoms with Crippen molar-refractivity contribution in [2.45, 2.75) is 13.8 Å². The number of hydrogen-bond donors (Lipinski definition) is 0. The Kier molecular flexibility index (Phi) is 2.81. The van der Waals surface area contributed by atoms with Crippen LogP contribution >= 0.6 is 0 Å². The fraction of sp³-hybridized carbons (Fsp3) is 0.273. The zero-order valence-corrected chi connectivity index (χ0v) is 8.13. The molecule has 0 aliphatic heterocycles. The predicted octanol–water partition coefficient (Wildman–Crippen LogP) is 2.31. The maximum atomic E-state index is 8.75. The standard InChI is InChI=1S/C11H12N2/c1-8-4-10(7-12)6-11(5-8)9(2)13-3/h4-6H,1-3H3. The lowest BCUT2D eigenvalue weighted by molar-refractivity contribution is 1.37. The van der Waals surface area contributed by atoms with Crippen molar-refractivity contribution in [1.29, 1.82) is 5.26 Å². The summed E-state index contributed by atoms with van der Waals surface area (Å²) in [6.07, 6.45) is 0. The van der Waals surface area contributed by atoms with Crippen molar-refractivity contribution < 1.29 is 0 Å². The minimum absolute atomic E-state index is 0.693. The smallest absolute Gasteiger partial charge is 0.0991 e. The lowest BCUT2D eigenvalue weighted by atomic mass is 10.0. The van der Waals surface area contributed by atoms with Gasteiger partial charge in [0.2, 0.25) is 0 Å². The van der Waals surface area contributed by atoms with Gasteiger partial charge in [-0.15, -0.1) is 0 Å². The molecule has 1 aromatic rings. The Bertz CT molecular complexity index is 384. The highest BCUT2D eigenvalue weighted by atomic mass is 14.7. The van der Waals surface area contributed by atoms with Gasteiger partial charge in [-0.25, -0.2) is 0 Å². The van der Waals surface area contributed by atoms with Crippen LogP contribution in [0.15, 0.2) is 23.2 Å². The van der Waals surface area contributed by atoms with Crippen LogP contribution in [0.4, 0.5) is 0 Å². The van der Waals surface area contributed by atoms with E-state index in [2.05, 4.69) is 11.1 Å². The van der Waals surface area contributed by atoms with Crippen LogP contribution in [0.3, 0.4) is 0 Å². The molecule has 0 aliphatic rings. The van der Waals surface area contributed by atoms with Crippen LogP contribution in [0.1, 0.15) is 23.6 Å². The third kappa shape index (κ3) is 2.16. The van der Waals surface area contributed by atoms with E-state index in [0.717, 1.165) is 16.8 Å². The van der Waals surface area contributed by atoms with Crippen molar-refractivity contribution in [3.8, 4) is 6.07 Å². The summed E-state index contributed by atoms with van der Waals surface area (Å²) < 4.78 is 0. The van der Waals surface area contributed by atoms with Crippen LogP contribution < -0.4 is 0 Å². The van der Waals surface area contributed by atoms with Crippen LogP contribution in [0.2, 0.25) is 0 Å². The minimum atomic E-state index is 0.693. The summed E-state index contributed by atoms with van der Waals surface area (Å²) in [5, 5.41) is 8.75. The second-order valence-corrected chi connectivity index (χ2v) is 3.01. The maximum absolute atomic E-state index is 8.75. The zero-order valence-electron chi connectivity index (χ0n) is 8.13. The van der Waals surface area contributed by atoms with Gasteiger partial charge in [0.1, 0.15) is 0 Å². The quantitative estimate of drug-likeness (QED) is 0.599. The molecule has 0 spiro atoms. The molecule has 0 saturated heterocycles. The van der Waals surface area contributed by atoms with Gasteiger partial charge in [-0.1, -0.05) is 6.07 Å². The predicted molar refractivity (Wildman–Crippen MR) is 54.0 cm³/mol. The summed E-state index contributed by atoms with van der Waals surface area (Å²) in [5.41, 5.74) is 3.77. The number of aryl methyl sites for hydroxylation is 1. The van der Waals surface area contributed by atoms with E-state index in [1.165, 1.54) is 0 Å². The average molecular weight is 172 g/mol. The molecule has 0 fully saturated rings. The van der Waals surface area contributed by atoms with Gasteiger partial charge in [-0.05, 0) is 37.1 Å². The Hall–Kier alpha value is -1.62. The number of aliphatic imine (C=N–C) groups is 1. The van der Waals surface area contributed by atoms with Crippen LogP contribution in [0, 0.1) is 18.3 Å². The molecule has 2 nitrogen and oxygen atoms in total. The second-order valence-electron chi connectivity index (χ2n) is 3.01. The Labute approximate surface area is 78.5 Å². The van der Waals surface area contributed by atoms with Crippen LogP contribution in [-0.4, -0.2) is 12.8 Å². The van der Waals surface area contributed by atoms with Gasteiger partial charge in [0.15, 0.2) is 0 Å². The van der Waals surface area contributed by atoms with Crippen molar-refractivity contribution in [2.75, 3.05) is 7.05 Å². The summed E-state index contributed by atoms with van der Waals surface area (Å²) >= 11 is 0. The molecular formula is C11H12N2. The van der Waals surface area contributed by atoms with Crippen LogP contribution in [0.25, 0.3) is 0 Å². The van der Waals surface area contributed by atoms with E-state index < -0.39 is 0 Å². The minimum Gasteiger partial charge on any atom is -0.293 e. The van der Waals surface area contributed by atoms with Gasteiger partial charge < -0.3 is 0 Å². The third-order valence-electron chi connectivity index (χ3n) is 1.96. The largest absolute Gasteiger partial charge is 0.293 e. The van der Waals surface area contributed by atoms with E-state index in [9.17, 15) is 0 Å². The first-order valence-electron chi connectivity index (χ1n) is 4.13. The molecule has 0 bridgehead atoms. The van der Waals surface area contributed by atoms with Gasteiger partial charge in [0.05, 0.1) is 11.6 Å². The molecule has 66 valence electrons. The van der Waals surface area contributed by atoms with Crippen molar-refractivity contribution in [3.05, 3.63) is 34.9 Å². The number of nitriles is 1. The number of rotatable bonds is 1. The molecule has 0 atom stereocenters. The Balaban J connectivity index is 3.26. The van der Waals surface area contributed by atoms with Gasteiger partial charge in [-0.3, -0.25) is 4.99 Å². The third-order valence-corrected chi connectivity index (χ3v) is 1.96. The second kappa shape index (κ2) is 3.86. The first kappa shape index (κ1) is 9.47. The molecule has 1 aromatic carbocycles. The van der Waals surface area contributed by atoms with E-state index in [1.807, 2.05) is 32.0 Å². The molecule has 0 unspecified atom stereocenters. The molecule has 0 saturated carbocycles. The normalized spacial score (nSPS) is 11.1. The first-order valence-corrected chi connectivity index (χ1v) is 4.13. The Morgan fingerprint density at radius 3 is 2.62 bits per heavy atom. The maximum Gasteiger partial charge on any atom is 0.0991 e. The molecule has 2 heteroatoms. The van der Waals surface area contributed by atoms with E-state index >= 15 is 0 Å². The van der Waals surface area contributed by atoms with Crippen molar-refractivity contribution in [3.63, 3.8) is 0 Å². The molecule has 0 radical (unpaired) electrons. The molecule has 0 heterocycles. The molecule has 0 N–H and O–H groups in total. The number of benzene rings is 1. The lowest BCUT2D eigenvalue weighted by Gasteiger charge is -2.01. The van der Waals surface area contributed by atoms with Gasteiger partial charge in [0, 0.05) is 12.8 Å². The van der Waals surface area contributed by atoms with E-state index in [-0.39, 0.29) is 0 Å². The topological polar surface area (TPSA) is 36.1 Å². The monoisotopic (exact) mass is 172 g/mol. The van der Waals surface area contributed by atoms with Crippen LogP contribution in [-0.2, 0) is 0 Å². The summed E-state index contributed by atoms with van der Waals surface area (Å²) in [4.78, 5) is 4.08. The van der Waals surface area contributed by atoms with Gasteiger partial charge in [-0.2, -0.15) is 5.26 Å². The number of nitrogens with zero attached hydrogens (tertiary/aromatic N) is 2. The number of hydrogen-bond acceptors (Lipinski definition) is 2. The van der Waals surface area contributed by atoms with Crippen LogP contribution in [0.5, 0.6) is 0 Å². The summed E-state index contributed by atoms with van der Waals surface area (Å²) in [7, 11) is 1.75. The fourth-order valence-corrected chi connectivity index (χ4v) is 1.19. The first-order chi connectivity index (χ1) is 6.17. The molecular weight excluding hydrogens is 160 g/mol. The lowest BCUT2D eigenvalue weighted by Crippen LogP contribution is -1.95. The molecule has 0 aromatic heterocycles. The summed E-state index contributed by atoms with van der Waals surface area (Å²) in [6.45, 7) is 3.92. The Morgan fingerprint density at radius 1 is 1.38 bits per heavy atom. The fourth-order valence-electron chi connectivity index (χ4n) is 1.19. The highest BCUT2D eigenvalue weighted by molar-refractivity contribution is 5.99. The molecule has 13 heavy (non-hydrogen) atoms.